The molecule has 2 rings (SSSR count). The van der Waals surface area contributed by atoms with Crippen LogP contribution in [0.1, 0.15) is 11.5 Å². The highest BCUT2D eigenvalue weighted by Crippen LogP contribution is 2.10. The molecule has 0 atom stereocenters. The lowest BCUT2D eigenvalue weighted by Gasteiger charge is -2.04. The van der Waals surface area contributed by atoms with Gasteiger partial charge in [0.15, 0.2) is 5.76 Å². The van der Waals surface area contributed by atoms with E-state index in [1.807, 2.05) is 38.2 Å². The summed E-state index contributed by atoms with van der Waals surface area (Å²) in [6.45, 7) is 2.48. The summed E-state index contributed by atoms with van der Waals surface area (Å²) < 4.78 is 5.09. The summed E-state index contributed by atoms with van der Waals surface area (Å²) in [5.74, 6) is 2.44. The van der Waals surface area contributed by atoms with Gasteiger partial charge < -0.3 is 15.2 Å². The standard InChI is InChI=1S/C11H14N4O/c1-8-6-9(16-15-8)7-13-11-5-3-4-10(12-2)14-11/h3-6H,7H2,1-2H3,(H2,12,13,14). The second kappa shape index (κ2) is 4.65. The van der Waals surface area contributed by atoms with Crippen LogP contribution in [0.25, 0.3) is 0 Å². The molecule has 0 unspecified atom stereocenters. The van der Waals surface area contributed by atoms with E-state index in [1.54, 1.807) is 0 Å². The lowest BCUT2D eigenvalue weighted by Crippen LogP contribution is -2.01. The van der Waals surface area contributed by atoms with E-state index in [9.17, 15) is 0 Å². The molecule has 0 spiro atoms. The molecule has 0 bridgehead atoms. The van der Waals surface area contributed by atoms with E-state index in [1.165, 1.54) is 0 Å². The first-order chi connectivity index (χ1) is 7.78. The second-order valence-electron chi connectivity index (χ2n) is 3.45. The Morgan fingerprint density at radius 2 is 2.12 bits per heavy atom. The molecule has 0 amide bonds. The van der Waals surface area contributed by atoms with Crippen molar-refractivity contribution in [2.45, 2.75) is 13.5 Å². The molecule has 0 aliphatic carbocycles. The van der Waals surface area contributed by atoms with Crippen LogP contribution in [0.15, 0.2) is 28.8 Å². The van der Waals surface area contributed by atoms with Crippen LogP contribution in [0, 0.1) is 6.92 Å². The van der Waals surface area contributed by atoms with Crippen LogP contribution in [0.5, 0.6) is 0 Å². The zero-order valence-electron chi connectivity index (χ0n) is 9.32. The number of rotatable bonds is 4. The lowest BCUT2D eigenvalue weighted by atomic mass is 10.4. The molecule has 16 heavy (non-hydrogen) atoms. The molecule has 0 aromatic carbocycles. The van der Waals surface area contributed by atoms with Crippen LogP contribution in [0.3, 0.4) is 0 Å². The Bertz CT molecular complexity index is 467. The summed E-state index contributed by atoms with van der Waals surface area (Å²) in [6.07, 6.45) is 0. The number of anilines is 2. The van der Waals surface area contributed by atoms with Gasteiger partial charge in [-0.3, -0.25) is 0 Å². The van der Waals surface area contributed by atoms with Gasteiger partial charge in [0.2, 0.25) is 0 Å². The second-order valence-corrected chi connectivity index (χ2v) is 3.45. The van der Waals surface area contributed by atoms with Crippen LogP contribution in [0.4, 0.5) is 11.6 Å². The molecule has 2 N–H and O–H groups in total. The number of nitrogens with one attached hydrogen (secondary N) is 2. The molecule has 0 saturated carbocycles. The summed E-state index contributed by atoms with van der Waals surface area (Å²) >= 11 is 0. The fraction of sp³-hybridized carbons (Fsp3) is 0.273. The van der Waals surface area contributed by atoms with Crippen LogP contribution < -0.4 is 10.6 Å². The van der Waals surface area contributed by atoms with Gasteiger partial charge in [0.1, 0.15) is 11.6 Å². The SMILES string of the molecule is CNc1cccc(NCc2cc(C)no2)n1. The summed E-state index contributed by atoms with van der Waals surface area (Å²) in [6, 6.07) is 7.65. The summed E-state index contributed by atoms with van der Waals surface area (Å²) in [5, 5.41) is 9.96. The maximum absolute atomic E-state index is 5.09. The van der Waals surface area contributed by atoms with E-state index in [0.29, 0.717) is 6.54 Å². The monoisotopic (exact) mass is 218 g/mol. The number of aryl methyl sites for hydroxylation is 1. The van der Waals surface area contributed by atoms with E-state index >= 15 is 0 Å². The molecule has 2 aromatic rings. The van der Waals surface area contributed by atoms with Crippen molar-refractivity contribution >= 4 is 11.6 Å². The molecular weight excluding hydrogens is 204 g/mol. The third-order valence-electron chi connectivity index (χ3n) is 2.13. The van der Waals surface area contributed by atoms with E-state index in [-0.39, 0.29) is 0 Å². The molecule has 0 aliphatic heterocycles. The van der Waals surface area contributed by atoms with Crippen molar-refractivity contribution in [3.8, 4) is 0 Å². The van der Waals surface area contributed by atoms with Gasteiger partial charge in [-0.2, -0.15) is 0 Å². The van der Waals surface area contributed by atoms with Crippen molar-refractivity contribution in [2.75, 3.05) is 17.7 Å². The van der Waals surface area contributed by atoms with Gasteiger partial charge >= 0.3 is 0 Å². The lowest BCUT2D eigenvalue weighted by molar-refractivity contribution is 0.384. The predicted molar refractivity (Wildman–Crippen MR) is 62.4 cm³/mol. The fourth-order valence-electron chi connectivity index (χ4n) is 1.35. The third kappa shape index (κ3) is 2.50. The molecule has 0 fully saturated rings. The Balaban J connectivity index is 1.99. The molecule has 2 heterocycles. The Hall–Kier alpha value is -2.04. The van der Waals surface area contributed by atoms with Gasteiger partial charge in [0, 0.05) is 13.1 Å². The number of pyridine rings is 1. The van der Waals surface area contributed by atoms with Gasteiger partial charge in [-0.1, -0.05) is 11.2 Å². The smallest absolute Gasteiger partial charge is 0.156 e. The molecule has 0 saturated heterocycles. The van der Waals surface area contributed by atoms with Gasteiger partial charge in [-0.25, -0.2) is 4.98 Å². The number of aromatic nitrogens is 2. The van der Waals surface area contributed by atoms with Crippen molar-refractivity contribution in [2.24, 2.45) is 0 Å². The topological polar surface area (TPSA) is 63.0 Å². The highest BCUT2D eigenvalue weighted by Gasteiger charge is 2.01. The highest BCUT2D eigenvalue weighted by molar-refractivity contribution is 5.44. The van der Waals surface area contributed by atoms with Crippen molar-refractivity contribution < 1.29 is 4.52 Å². The van der Waals surface area contributed by atoms with Gasteiger partial charge in [0.25, 0.3) is 0 Å². The molecule has 0 aliphatic rings. The predicted octanol–water partition coefficient (Wildman–Crippen LogP) is 2.03. The van der Waals surface area contributed by atoms with E-state index < -0.39 is 0 Å². The first-order valence-electron chi connectivity index (χ1n) is 5.09. The Morgan fingerprint density at radius 1 is 1.31 bits per heavy atom. The van der Waals surface area contributed by atoms with E-state index in [0.717, 1.165) is 23.1 Å². The zero-order valence-corrected chi connectivity index (χ0v) is 9.32. The summed E-state index contributed by atoms with van der Waals surface area (Å²) in [5.41, 5.74) is 0.883. The Labute approximate surface area is 93.9 Å². The first kappa shape index (κ1) is 10.5. The maximum Gasteiger partial charge on any atom is 0.156 e. The zero-order chi connectivity index (χ0) is 11.4. The minimum absolute atomic E-state index is 0.584. The summed E-state index contributed by atoms with van der Waals surface area (Å²) in [7, 11) is 1.84. The van der Waals surface area contributed by atoms with Crippen LogP contribution in [0.2, 0.25) is 0 Å². The van der Waals surface area contributed by atoms with Gasteiger partial charge in [-0.05, 0) is 19.1 Å². The average molecular weight is 218 g/mol. The van der Waals surface area contributed by atoms with Crippen LogP contribution >= 0.6 is 0 Å². The largest absolute Gasteiger partial charge is 0.373 e. The number of hydrogen-bond donors (Lipinski definition) is 2. The van der Waals surface area contributed by atoms with Crippen molar-refractivity contribution in [1.29, 1.82) is 0 Å². The number of hydrogen-bond acceptors (Lipinski definition) is 5. The van der Waals surface area contributed by atoms with Gasteiger partial charge in [-0.15, -0.1) is 0 Å². The molecular formula is C11H14N4O. The number of nitrogens with zero attached hydrogens (tertiary/aromatic N) is 2. The molecule has 5 heteroatoms. The Kier molecular flexibility index (Phi) is 3.05. The molecule has 2 aromatic heterocycles. The fourth-order valence-corrected chi connectivity index (χ4v) is 1.35. The summed E-state index contributed by atoms with van der Waals surface area (Å²) in [4.78, 5) is 4.33. The van der Waals surface area contributed by atoms with Crippen LogP contribution in [-0.4, -0.2) is 17.2 Å². The van der Waals surface area contributed by atoms with Crippen LogP contribution in [-0.2, 0) is 6.54 Å². The van der Waals surface area contributed by atoms with E-state index in [2.05, 4.69) is 20.8 Å². The normalized spacial score (nSPS) is 10.1. The first-order valence-corrected chi connectivity index (χ1v) is 5.09. The highest BCUT2D eigenvalue weighted by atomic mass is 16.5. The minimum atomic E-state index is 0.584. The average Bonchev–Trinajstić information content (AvgIpc) is 2.73. The van der Waals surface area contributed by atoms with E-state index in [4.69, 9.17) is 4.52 Å². The minimum Gasteiger partial charge on any atom is -0.373 e. The molecule has 0 radical (unpaired) electrons. The quantitative estimate of drug-likeness (QED) is 0.822. The molecule has 84 valence electrons. The third-order valence-corrected chi connectivity index (χ3v) is 2.13. The maximum atomic E-state index is 5.09. The van der Waals surface area contributed by atoms with Gasteiger partial charge in [0.05, 0.1) is 12.2 Å². The van der Waals surface area contributed by atoms with Crippen molar-refractivity contribution in [1.82, 2.24) is 10.1 Å². The molecule has 5 nitrogen and oxygen atoms in total. The van der Waals surface area contributed by atoms with Crippen molar-refractivity contribution in [3.05, 3.63) is 35.7 Å². The van der Waals surface area contributed by atoms with Crippen molar-refractivity contribution in [3.63, 3.8) is 0 Å². The Morgan fingerprint density at radius 3 is 2.81 bits per heavy atom.